The zero-order chi connectivity index (χ0) is 11.9. The van der Waals surface area contributed by atoms with Crippen LogP contribution < -0.4 is 10.1 Å². The van der Waals surface area contributed by atoms with Crippen molar-refractivity contribution in [1.29, 1.82) is 0 Å². The first-order chi connectivity index (χ1) is 8.36. The SMILES string of the molecule is OC1COCC1NCCCOc1ccccc1. The summed E-state index contributed by atoms with van der Waals surface area (Å²) in [6.45, 7) is 2.55. The second-order valence-electron chi connectivity index (χ2n) is 4.18. The summed E-state index contributed by atoms with van der Waals surface area (Å²) in [4.78, 5) is 0. The third-order valence-corrected chi connectivity index (χ3v) is 2.79. The predicted molar refractivity (Wildman–Crippen MR) is 65.2 cm³/mol. The standard InChI is InChI=1S/C13H19NO3/c15-13-10-16-9-12(13)14-7-4-8-17-11-5-2-1-3-6-11/h1-3,5-6,12-15H,4,7-10H2. The second-order valence-corrected chi connectivity index (χ2v) is 4.18. The lowest BCUT2D eigenvalue weighted by molar-refractivity contribution is 0.122. The fourth-order valence-corrected chi connectivity index (χ4v) is 1.80. The van der Waals surface area contributed by atoms with Crippen molar-refractivity contribution in [1.82, 2.24) is 5.32 Å². The molecule has 1 aromatic carbocycles. The second kappa shape index (κ2) is 6.59. The van der Waals surface area contributed by atoms with Crippen molar-refractivity contribution in [2.45, 2.75) is 18.6 Å². The lowest BCUT2D eigenvalue weighted by Gasteiger charge is -2.14. The van der Waals surface area contributed by atoms with Gasteiger partial charge in [-0.2, -0.15) is 0 Å². The molecule has 0 aromatic heterocycles. The molecule has 1 heterocycles. The third-order valence-electron chi connectivity index (χ3n) is 2.79. The minimum atomic E-state index is -0.370. The van der Waals surface area contributed by atoms with Gasteiger partial charge in [-0.15, -0.1) is 0 Å². The zero-order valence-electron chi connectivity index (χ0n) is 9.84. The van der Waals surface area contributed by atoms with Gasteiger partial charge in [-0.1, -0.05) is 18.2 Å². The van der Waals surface area contributed by atoms with E-state index in [2.05, 4.69) is 5.32 Å². The van der Waals surface area contributed by atoms with Gasteiger partial charge in [0, 0.05) is 0 Å². The van der Waals surface area contributed by atoms with Gasteiger partial charge >= 0.3 is 0 Å². The molecule has 94 valence electrons. The van der Waals surface area contributed by atoms with Crippen molar-refractivity contribution in [3.63, 3.8) is 0 Å². The molecule has 4 heteroatoms. The molecule has 2 atom stereocenters. The Morgan fingerprint density at radius 1 is 1.29 bits per heavy atom. The lowest BCUT2D eigenvalue weighted by atomic mass is 10.2. The molecule has 1 saturated heterocycles. The summed E-state index contributed by atoms with van der Waals surface area (Å²) in [6, 6.07) is 9.85. The molecule has 0 bridgehead atoms. The summed E-state index contributed by atoms with van der Waals surface area (Å²) in [6.07, 6.45) is 0.544. The molecule has 1 aromatic rings. The molecule has 17 heavy (non-hydrogen) atoms. The molecule has 2 rings (SSSR count). The maximum atomic E-state index is 9.50. The number of hydrogen-bond acceptors (Lipinski definition) is 4. The highest BCUT2D eigenvalue weighted by atomic mass is 16.5. The molecule has 0 saturated carbocycles. The number of para-hydroxylation sites is 1. The van der Waals surface area contributed by atoms with Crippen molar-refractivity contribution >= 4 is 0 Å². The van der Waals surface area contributed by atoms with Crippen LogP contribution in [-0.2, 0) is 4.74 Å². The van der Waals surface area contributed by atoms with Crippen LogP contribution in [0, 0.1) is 0 Å². The summed E-state index contributed by atoms with van der Waals surface area (Å²) in [5, 5.41) is 12.8. The van der Waals surface area contributed by atoms with Crippen LogP contribution in [0.4, 0.5) is 0 Å². The van der Waals surface area contributed by atoms with Crippen molar-refractivity contribution in [3.05, 3.63) is 30.3 Å². The van der Waals surface area contributed by atoms with Gasteiger partial charge < -0.3 is 19.9 Å². The Kier molecular flexibility index (Phi) is 4.79. The van der Waals surface area contributed by atoms with Crippen molar-refractivity contribution < 1.29 is 14.6 Å². The van der Waals surface area contributed by atoms with Crippen molar-refractivity contribution in [2.75, 3.05) is 26.4 Å². The monoisotopic (exact) mass is 237 g/mol. The molecular formula is C13H19NO3. The Balaban J connectivity index is 1.55. The summed E-state index contributed by atoms with van der Waals surface area (Å²) >= 11 is 0. The summed E-state index contributed by atoms with van der Waals surface area (Å²) in [7, 11) is 0. The minimum Gasteiger partial charge on any atom is -0.494 e. The van der Waals surface area contributed by atoms with Crippen LogP contribution in [0.15, 0.2) is 30.3 Å². The van der Waals surface area contributed by atoms with Crippen molar-refractivity contribution in [3.8, 4) is 5.75 Å². The highest BCUT2D eigenvalue weighted by Gasteiger charge is 2.24. The molecular weight excluding hydrogens is 218 g/mol. The predicted octanol–water partition coefficient (Wildman–Crippen LogP) is 0.805. The molecule has 1 aliphatic rings. The number of ether oxygens (including phenoxy) is 2. The summed E-state index contributed by atoms with van der Waals surface area (Å²) < 4.78 is 10.7. The van der Waals surface area contributed by atoms with Gasteiger partial charge in [0.05, 0.1) is 32.0 Å². The number of rotatable bonds is 6. The third kappa shape index (κ3) is 4.00. The number of nitrogens with one attached hydrogen (secondary N) is 1. The Hall–Kier alpha value is -1.10. The Labute approximate surface area is 102 Å². The Morgan fingerprint density at radius 3 is 2.82 bits per heavy atom. The van der Waals surface area contributed by atoms with Gasteiger partial charge in [0.1, 0.15) is 5.75 Å². The van der Waals surface area contributed by atoms with Gasteiger partial charge in [0.25, 0.3) is 0 Å². The summed E-state index contributed by atoms with van der Waals surface area (Å²) in [5.74, 6) is 0.900. The smallest absolute Gasteiger partial charge is 0.119 e. The van der Waals surface area contributed by atoms with E-state index >= 15 is 0 Å². The van der Waals surface area contributed by atoms with Gasteiger partial charge in [-0.25, -0.2) is 0 Å². The first-order valence-electron chi connectivity index (χ1n) is 6.03. The average molecular weight is 237 g/mol. The van der Waals surface area contributed by atoms with Crippen LogP contribution in [0.1, 0.15) is 6.42 Å². The maximum Gasteiger partial charge on any atom is 0.119 e. The molecule has 1 fully saturated rings. The molecule has 2 N–H and O–H groups in total. The Morgan fingerprint density at radius 2 is 2.12 bits per heavy atom. The largest absolute Gasteiger partial charge is 0.494 e. The van der Waals surface area contributed by atoms with Gasteiger partial charge in [0.15, 0.2) is 0 Å². The molecule has 1 aliphatic heterocycles. The van der Waals surface area contributed by atoms with E-state index in [9.17, 15) is 5.11 Å². The Bertz CT molecular complexity index is 318. The molecule has 0 radical (unpaired) electrons. The number of aliphatic hydroxyl groups excluding tert-OH is 1. The molecule has 0 aliphatic carbocycles. The van der Waals surface area contributed by atoms with E-state index in [4.69, 9.17) is 9.47 Å². The van der Waals surface area contributed by atoms with E-state index < -0.39 is 0 Å². The van der Waals surface area contributed by atoms with Crippen molar-refractivity contribution in [2.24, 2.45) is 0 Å². The normalized spacial score (nSPS) is 23.8. The minimum absolute atomic E-state index is 0.0757. The van der Waals surface area contributed by atoms with Crippen LogP contribution in [-0.4, -0.2) is 43.6 Å². The molecule has 4 nitrogen and oxygen atoms in total. The topological polar surface area (TPSA) is 50.7 Å². The van der Waals surface area contributed by atoms with Crippen LogP contribution in [0.2, 0.25) is 0 Å². The van der Waals surface area contributed by atoms with E-state index in [1.54, 1.807) is 0 Å². The maximum absolute atomic E-state index is 9.50. The highest BCUT2D eigenvalue weighted by molar-refractivity contribution is 5.20. The number of hydrogen-bond donors (Lipinski definition) is 2. The van der Waals surface area contributed by atoms with E-state index in [-0.39, 0.29) is 12.1 Å². The van der Waals surface area contributed by atoms with Crippen LogP contribution in [0.3, 0.4) is 0 Å². The lowest BCUT2D eigenvalue weighted by Crippen LogP contribution is -2.39. The van der Waals surface area contributed by atoms with E-state index in [1.165, 1.54) is 0 Å². The zero-order valence-corrected chi connectivity index (χ0v) is 9.84. The summed E-state index contributed by atoms with van der Waals surface area (Å²) in [5.41, 5.74) is 0. The fraction of sp³-hybridized carbons (Fsp3) is 0.538. The van der Waals surface area contributed by atoms with Gasteiger partial charge in [-0.05, 0) is 25.1 Å². The molecule has 0 spiro atoms. The van der Waals surface area contributed by atoms with Crippen LogP contribution >= 0.6 is 0 Å². The first-order valence-corrected chi connectivity index (χ1v) is 6.03. The molecule has 0 amide bonds. The fourth-order valence-electron chi connectivity index (χ4n) is 1.80. The first kappa shape index (κ1) is 12.4. The van der Waals surface area contributed by atoms with E-state index in [0.717, 1.165) is 18.7 Å². The van der Waals surface area contributed by atoms with Gasteiger partial charge in [-0.3, -0.25) is 0 Å². The average Bonchev–Trinajstić information content (AvgIpc) is 2.76. The van der Waals surface area contributed by atoms with Crippen LogP contribution in [0.5, 0.6) is 5.75 Å². The van der Waals surface area contributed by atoms with E-state index in [0.29, 0.717) is 19.8 Å². The van der Waals surface area contributed by atoms with Gasteiger partial charge in [0.2, 0.25) is 0 Å². The number of benzene rings is 1. The van der Waals surface area contributed by atoms with Crippen LogP contribution in [0.25, 0.3) is 0 Å². The quantitative estimate of drug-likeness (QED) is 0.719. The van der Waals surface area contributed by atoms with E-state index in [1.807, 2.05) is 30.3 Å². The molecule has 2 unspecified atom stereocenters. The highest BCUT2D eigenvalue weighted by Crippen LogP contribution is 2.08. The number of aliphatic hydroxyl groups is 1.